The van der Waals surface area contributed by atoms with Crippen molar-refractivity contribution in [2.45, 2.75) is 13.8 Å². The van der Waals surface area contributed by atoms with Gasteiger partial charge in [0, 0.05) is 22.1 Å². The Morgan fingerprint density at radius 2 is 1.76 bits per heavy atom. The van der Waals surface area contributed by atoms with Gasteiger partial charge in [0.1, 0.15) is 5.82 Å². The van der Waals surface area contributed by atoms with Crippen LogP contribution in [0.2, 0.25) is 0 Å². The monoisotopic (exact) mass is 400 g/mol. The van der Waals surface area contributed by atoms with Crippen molar-refractivity contribution in [1.82, 2.24) is 30.3 Å². The van der Waals surface area contributed by atoms with Crippen LogP contribution >= 0.6 is 11.3 Å². The van der Waals surface area contributed by atoms with Crippen molar-refractivity contribution in [2.75, 3.05) is 0 Å². The van der Waals surface area contributed by atoms with Gasteiger partial charge in [-0.1, -0.05) is 23.4 Å². The molecule has 4 heterocycles. The molecule has 0 fully saturated rings. The second kappa shape index (κ2) is 7.06. The lowest BCUT2D eigenvalue weighted by atomic mass is 10.1. The summed E-state index contributed by atoms with van der Waals surface area (Å²) in [5.74, 6) is 2.36. The van der Waals surface area contributed by atoms with Crippen LogP contribution < -0.4 is 0 Å². The van der Waals surface area contributed by atoms with E-state index in [9.17, 15) is 0 Å². The molecule has 5 rings (SSSR count). The lowest BCUT2D eigenvalue weighted by Crippen LogP contribution is -1.91. The molecule has 0 atom stereocenters. The number of aromatic nitrogens is 6. The Kier molecular flexibility index (Phi) is 4.25. The van der Waals surface area contributed by atoms with Gasteiger partial charge in [-0.2, -0.15) is 21.4 Å². The predicted octanol–water partition coefficient (Wildman–Crippen LogP) is 4.93. The molecule has 0 aliphatic carbocycles. The SMILES string of the molecule is Cc1nc(-c2cccc(-c3noc(-c4ccc(-c5ccsc5)nc4C)n3)c2)n[nH]1. The molecule has 1 aromatic carbocycles. The molecule has 0 aliphatic heterocycles. The number of hydrogen-bond acceptors (Lipinski definition) is 7. The first-order chi connectivity index (χ1) is 14.2. The van der Waals surface area contributed by atoms with E-state index in [4.69, 9.17) is 4.52 Å². The maximum atomic E-state index is 5.53. The van der Waals surface area contributed by atoms with Gasteiger partial charge >= 0.3 is 0 Å². The number of nitrogens with zero attached hydrogens (tertiary/aromatic N) is 5. The third kappa shape index (κ3) is 3.34. The number of thiophene rings is 1. The van der Waals surface area contributed by atoms with Crippen molar-refractivity contribution in [3.05, 3.63) is 64.7 Å². The van der Waals surface area contributed by atoms with E-state index in [0.29, 0.717) is 17.5 Å². The highest BCUT2D eigenvalue weighted by Crippen LogP contribution is 2.28. The molecule has 0 unspecified atom stereocenters. The summed E-state index contributed by atoms with van der Waals surface area (Å²) in [5.41, 5.74) is 5.42. The average molecular weight is 400 g/mol. The van der Waals surface area contributed by atoms with Gasteiger partial charge in [-0.05, 0) is 43.5 Å². The zero-order valence-corrected chi connectivity index (χ0v) is 16.6. The van der Waals surface area contributed by atoms with Crippen LogP contribution in [0.1, 0.15) is 11.5 Å². The zero-order valence-electron chi connectivity index (χ0n) is 15.7. The van der Waals surface area contributed by atoms with Gasteiger partial charge < -0.3 is 4.52 Å². The van der Waals surface area contributed by atoms with Gasteiger partial charge in [0.2, 0.25) is 5.82 Å². The van der Waals surface area contributed by atoms with Crippen molar-refractivity contribution in [3.8, 4) is 45.5 Å². The molecule has 0 spiro atoms. The van der Waals surface area contributed by atoms with Gasteiger partial charge in [0.15, 0.2) is 5.82 Å². The minimum atomic E-state index is 0.445. The van der Waals surface area contributed by atoms with Gasteiger partial charge in [-0.25, -0.2) is 4.98 Å². The molecule has 0 amide bonds. The first-order valence-corrected chi connectivity index (χ1v) is 9.96. The summed E-state index contributed by atoms with van der Waals surface area (Å²) >= 11 is 1.65. The highest BCUT2D eigenvalue weighted by atomic mass is 32.1. The number of pyridine rings is 1. The van der Waals surface area contributed by atoms with Gasteiger partial charge in [0.25, 0.3) is 5.89 Å². The van der Waals surface area contributed by atoms with Crippen molar-refractivity contribution >= 4 is 11.3 Å². The van der Waals surface area contributed by atoms with Gasteiger partial charge in [-0.3, -0.25) is 10.1 Å². The molecule has 0 saturated heterocycles. The van der Waals surface area contributed by atoms with Crippen molar-refractivity contribution < 1.29 is 4.52 Å². The number of H-pyrrole nitrogens is 1. The van der Waals surface area contributed by atoms with E-state index < -0.39 is 0 Å². The molecule has 1 N–H and O–H groups in total. The summed E-state index contributed by atoms with van der Waals surface area (Å²) in [6.07, 6.45) is 0. The van der Waals surface area contributed by atoms with E-state index in [0.717, 1.165) is 39.5 Å². The third-order valence-electron chi connectivity index (χ3n) is 4.54. The Morgan fingerprint density at radius 1 is 0.897 bits per heavy atom. The molecule has 0 radical (unpaired) electrons. The molecule has 142 valence electrons. The van der Waals surface area contributed by atoms with Crippen LogP contribution in [0.15, 0.2) is 57.7 Å². The standard InChI is InChI=1S/C21H16N6OS/c1-12-17(6-7-18(22-12)16-8-9-29-11-16)21-24-20(27-28-21)15-5-3-4-14(10-15)19-23-13(2)25-26-19/h3-11H,1-2H3,(H,23,25,26). The van der Waals surface area contributed by atoms with Crippen LogP contribution in [-0.4, -0.2) is 30.3 Å². The van der Waals surface area contributed by atoms with Crippen molar-refractivity contribution in [2.24, 2.45) is 0 Å². The largest absolute Gasteiger partial charge is 0.334 e. The quantitative estimate of drug-likeness (QED) is 0.460. The molecule has 5 aromatic rings. The molecule has 0 aliphatic rings. The number of aryl methyl sites for hydroxylation is 2. The number of aromatic amines is 1. The highest BCUT2D eigenvalue weighted by molar-refractivity contribution is 7.08. The molecule has 29 heavy (non-hydrogen) atoms. The summed E-state index contributed by atoms with van der Waals surface area (Å²) in [6, 6.07) is 13.8. The molecule has 7 nitrogen and oxygen atoms in total. The second-order valence-corrected chi connectivity index (χ2v) is 7.37. The van der Waals surface area contributed by atoms with Crippen LogP contribution in [0.25, 0.3) is 45.5 Å². The summed E-state index contributed by atoms with van der Waals surface area (Å²) in [7, 11) is 0. The Bertz CT molecular complexity index is 1290. The number of benzene rings is 1. The Balaban J connectivity index is 1.47. The van der Waals surface area contributed by atoms with Crippen LogP contribution in [0.5, 0.6) is 0 Å². The van der Waals surface area contributed by atoms with E-state index in [-0.39, 0.29) is 0 Å². The van der Waals surface area contributed by atoms with Crippen molar-refractivity contribution in [1.29, 1.82) is 0 Å². The van der Waals surface area contributed by atoms with E-state index >= 15 is 0 Å². The summed E-state index contributed by atoms with van der Waals surface area (Å²) in [4.78, 5) is 13.6. The van der Waals surface area contributed by atoms with Crippen LogP contribution in [0.3, 0.4) is 0 Å². The summed E-state index contributed by atoms with van der Waals surface area (Å²) in [5, 5.41) is 15.3. The summed E-state index contributed by atoms with van der Waals surface area (Å²) < 4.78 is 5.53. The molecule has 0 saturated carbocycles. The molecular formula is C21H16N6OS. The minimum absolute atomic E-state index is 0.445. The predicted molar refractivity (Wildman–Crippen MR) is 111 cm³/mol. The van der Waals surface area contributed by atoms with Crippen molar-refractivity contribution in [3.63, 3.8) is 0 Å². The lowest BCUT2D eigenvalue weighted by molar-refractivity contribution is 0.432. The molecule has 0 bridgehead atoms. The lowest BCUT2D eigenvalue weighted by Gasteiger charge is -2.03. The Labute approximate surface area is 170 Å². The van der Waals surface area contributed by atoms with E-state index in [2.05, 4.69) is 41.8 Å². The summed E-state index contributed by atoms with van der Waals surface area (Å²) in [6.45, 7) is 3.81. The maximum Gasteiger partial charge on any atom is 0.260 e. The fraction of sp³-hybridized carbons (Fsp3) is 0.0952. The number of rotatable bonds is 4. The highest BCUT2D eigenvalue weighted by Gasteiger charge is 2.15. The smallest absolute Gasteiger partial charge is 0.260 e. The minimum Gasteiger partial charge on any atom is -0.334 e. The van der Waals surface area contributed by atoms with Crippen LogP contribution in [0, 0.1) is 13.8 Å². The van der Waals surface area contributed by atoms with Crippen LogP contribution in [0.4, 0.5) is 0 Å². The number of nitrogens with one attached hydrogen (secondary N) is 1. The second-order valence-electron chi connectivity index (χ2n) is 6.59. The molecule has 4 aromatic heterocycles. The Morgan fingerprint density at radius 3 is 2.48 bits per heavy atom. The average Bonchev–Trinajstić information content (AvgIpc) is 3.50. The van der Waals surface area contributed by atoms with Gasteiger partial charge in [-0.15, -0.1) is 0 Å². The first-order valence-electron chi connectivity index (χ1n) is 9.01. The fourth-order valence-electron chi connectivity index (χ4n) is 3.08. The topological polar surface area (TPSA) is 93.4 Å². The molecular weight excluding hydrogens is 384 g/mol. The van der Waals surface area contributed by atoms with Gasteiger partial charge in [0.05, 0.1) is 17.0 Å². The van der Waals surface area contributed by atoms with E-state index in [1.807, 2.05) is 55.6 Å². The maximum absolute atomic E-state index is 5.53. The van der Waals surface area contributed by atoms with E-state index in [1.165, 1.54) is 0 Å². The van der Waals surface area contributed by atoms with Crippen LogP contribution in [-0.2, 0) is 0 Å². The number of hydrogen-bond donors (Lipinski definition) is 1. The molecule has 8 heteroatoms. The fourth-order valence-corrected chi connectivity index (χ4v) is 3.73. The Hall–Kier alpha value is -3.65. The normalized spacial score (nSPS) is 11.1. The van der Waals surface area contributed by atoms with E-state index in [1.54, 1.807) is 11.3 Å². The zero-order chi connectivity index (χ0) is 19.8. The third-order valence-corrected chi connectivity index (χ3v) is 5.22. The first kappa shape index (κ1) is 17.4.